The molecule has 2 aromatic carbocycles. The number of amides is 1. The lowest BCUT2D eigenvalue weighted by atomic mass is 10.1. The van der Waals surface area contributed by atoms with Crippen LogP contribution in [0.3, 0.4) is 0 Å². The molecule has 0 saturated carbocycles. The largest absolute Gasteiger partial charge is 0.493 e. The summed E-state index contributed by atoms with van der Waals surface area (Å²) in [4.78, 5) is 24.2. The first-order chi connectivity index (χ1) is 17.0. The number of rotatable bonds is 9. The van der Waals surface area contributed by atoms with Crippen molar-refractivity contribution in [1.82, 2.24) is 19.8 Å². The molecule has 35 heavy (non-hydrogen) atoms. The Morgan fingerprint density at radius 1 is 0.971 bits per heavy atom. The highest BCUT2D eigenvalue weighted by Gasteiger charge is 2.14. The third-order valence-electron chi connectivity index (χ3n) is 4.93. The number of benzene rings is 2. The van der Waals surface area contributed by atoms with E-state index in [0.29, 0.717) is 45.9 Å². The second kappa shape index (κ2) is 10.9. The third-order valence-corrected chi connectivity index (χ3v) is 5.84. The maximum atomic E-state index is 12.5. The number of hydrogen-bond donors (Lipinski definition) is 1. The Kier molecular flexibility index (Phi) is 7.46. The second-order valence-corrected chi connectivity index (χ2v) is 8.12. The highest BCUT2D eigenvalue weighted by atomic mass is 32.2. The Hall–Kier alpha value is -4.12. The van der Waals surface area contributed by atoms with E-state index < -0.39 is 5.97 Å². The number of nitrogens with one attached hydrogen (secondary N) is 1. The fraction of sp³-hybridized carbons (Fsp3) is 0.208. The summed E-state index contributed by atoms with van der Waals surface area (Å²) in [6, 6.07) is 15.7. The van der Waals surface area contributed by atoms with Crippen molar-refractivity contribution in [3.8, 4) is 22.8 Å². The number of ether oxygens (including phenoxy) is 3. The normalized spacial score (nSPS) is 10.7. The van der Waals surface area contributed by atoms with Gasteiger partial charge in [0.1, 0.15) is 0 Å². The number of esters is 1. The lowest BCUT2D eigenvalue weighted by Gasteiger charge is -2.09. The number of carbonyl (C=O) groups excluding carboxylic acids is 2. The maximum Gasteiger partial charge on any atom is 0.338 e. The molecule has 4 aromatic rings. The molecule has 0 bridgehead atoms. The van der Waals surface area contributed by atoms with Gasteiger partial charge in [0.2, 0.25) is 11.1 Å². The van der Waals surface area contributed by atoms with Crippen LogP contribution in [0.15, 0.2) is 59.8 Å². The van der Waals surface area contributed by atoms with Gasteiger partial charge in [-0.25, -0.2) is 4.79 Å². The third kappa shape index (κ3) is 5.52. The van der Waals surface area contributed by atoms with Crippen LogP contribution in [0.1, 0.15) is 17.3 Å². The van der Waals surface area contributed by atoms with Crippen LogP contribution < -0.4 is 14.8 Å². The van der Waals surface area contributed by atoms with Crippen LogP contribution in [0, 0.1) is 0 Å². The SMILES string of the molecule is CCOC(=O)c1ccc(NC(=O)CSc2nnc3ccc(-c4ccc(OC)c(OC)c4)nn23)cc1. The summed E-state index contributed by atoms with van der Waals surface area (Å²) in [7, 11) is 3.16. The first-order valence-electron chi connectivity index (χ1n) is 10.7. The summed E-state index contributed by atoms with van der Waals surface area (Å²) in [6.45, 7) is 2.05. The first kappa shape index (κ1) is 24.0. The van der Waals surface area contributed by atoms with Crippen molar-refractivity contribution in [3.05, 3.63) is 60.2 Å². The minimum atomic E-state index is -0.403. The molecule has 0 atom stereocenters. The van der Waals surface area contributed by atoms with Crippen molar-refractivity contribution in [2.24, 2.45) is 0 Å². The van der Waals surface area contributed by atoms with Crippen molar-refractivity contribution in [2.75, 3.05) is 31.9 Å². The Morgan fingerprint density at radius 3 is 2.46 bits per heavy atom. The van der Waals surface area contributed by atoms with E-state index in [1.807, 2.05) is 24.3 Å². The van der Waals surface area contributed by atoms with Gasteiger partial charge in [0, 0.05) is 11.3 Å². The van der Waals surface area contributed by atoms with E-state index in [2.05, 4.69) is 20.6 Å². The predicted octanol–water partition coefficient (Wildman–Crippen LogP) is 3.72. The molecule has 180 valence electrons. The van der Waals surface area contributed by atoms with Crippen LogP contribution in [0.25, 0.3) is 16.9 Å². The molecule has 0 aliphatic rings. The molecular formula is C24H23N5O5S. The smallest absolute Gasteiger partial charge is 0.338 e. The Morgan fingerprint density at radius 2 is 1.74 bits per heavy atom. The molecule has 0 saturated heterocycles. The van der Waals surface area contributed by atoms with E-state index in [9.17, 15) is 9.59 Å². The van der Waals surface area contributed by atoms with Crippen molar-refractivity contribution in [1.29, 1.82) is 0 Å². The van der Waals surface area contributed by atoms with Gasteiger partial charge in [0.15, 0.2) is 17.1 Å². The summed E-state index contributed by atoms with van der Waals surface area (Å²) < 4.78 is 17.2. The topological polar surface area (TPSA) is 117 Å². The van der Waals surface area contributed by atoms with Crippen molar-refractivity contribution >= 4 is 35.0 Å². The molecule has 11 heteroatoms. The van der Waals surface area contributed by atoms with Crippen molar-refractivity contribution in [2.45, 2.75) is 12.1 Å². The summed E-state index contributed by atoms with van der Waals surface area (Å²) in [5.41, 5.74) is 3.07. The molecule has 10 nitrogen and oxygen atoms in total. The van der Waals surface area contributed by atoms with Gasteiger partial charge in [-0.1, -0.05) is 11.8 Å². The van der Waals surface area contributed by atoms with E-state index in [1.165, 1.54) is 11.8 Å². The molecule has 0 aliphatic carbocycles. The zero-order valence-corrected chi connectivity index (χ0v) is 20.2. The van der Waals surface area contributed by atoms with Gasteiger partial charge < -0.3 is 19.5 Å². The Balaban J connectivity index is 1.44. The first-order valence-corrected chi connectivity index (χ1v) is 11.7. The van der Waals surface area contributed by atoms with Gasteiger partial charge in [-0.3, -0.25) is 4.79 Å². The number of aromatic nitrogens is 4. The highest BCUT2D eigenvalue weighted by molar-refractivity contribution is 7.99. The quantitative estimate of drug-likeness (QED) is 0.275. The van der Waals surface area contributed by atoms with Crippen LogP contribution in [0.2, 0.25) is 0 Å². The van der Waals surface area contributed by atoms with Crippen molar-refractivity contribution < 1.29 is 23.8 Å². The molecule has 0 spiro atoms. The fourth-order valence-corrected chi connectivity index (χ4v) is 3.93. The minimum absolute atomic E-state index is 0.0999. The Labute approximate surface area is 205 Å². The maximum absolute atomic E-state index is 12.5. The molecule has 0 radical (unpaired) electrons. The standard InChI is InChI=1S/C24H23N5O5S/c1-4-34-23(31)15-5-8-17(9-6-15)25-22(30)14-35-24-27-26-21-12-10-18(28-29(21)24)16-7-11-19(32-2)20(13-16)33-3/h5-13H,4,14H2,1-3H3,(H,25,30). The van der Waals surface area contributed by atoms with Crippen LogP contribution in [0.4, 0.5) is 5.69 Å². The van der Waals surface area contributed by atoms with Gasteiger partial charge >= 0.3 is 5.97 Å². The van der Waals surface area contributed by atoms with Crippen LogP contribution >= 0.6 is 11.8 Å². The van der Waals surface area contributed by atoms with Gasteiger partial charge in [0.25, 0.3) is 0 Å². The van der Waals surface area contributed by atoms with Gasteiger partial charge in [0.05, 0.1) is 37.8 Å². The molecule has 0 fully saturated rings. The monoisotopic (exact) mass is 493 g/mol. The number of anilines is 1. The van der Waals surface area contributed by atoms with Gasteiger partial charge in [-0.2, -0.15) is 9.61 Å². The number of carbonyl (C=O) groups is 2. The zero-order valence-electron chi connectivity index (χ0n) is 19.3. The number of methoxy groups -OCH3 is 2. The molecule has 2 aromatic heterocycles. The molecule has 0 aliphatic heterocycles. The predicted molar refractivity (Wildman–Crippen MR) is 131 cm³/mol. The fourth-order valence-electron chi connectivity index (χ4n) is 3.24. The van der Waals surface area contributed by atoms with Gasteiger partial charge in [-0.15, -0.1) is 10.2 Å². The van der Waals surface area contributed by atoms with E-state index in [0.717, 1.165) is 5.56 Å². The number of thioether (sulfide) groups is 1. The Bertz CT molecular complexity index is 1360. The average Bonchev–Trinajstić information content (AvgIpc) is 3.29. The summed E-state index contributed by atoms with van der Waals surface area (Å²) in [5.74, 6) is 0.686. The zero-order chi connectivity index (χ0) is 24.8. The van der Waals surface area contributed by atoms with E-state index in [-0.39, 0.29) is 11.7 Å². The second-order valence-electron chi connectivity index (χ2n) is 7.18. The molecule has 4 rings (SSSR count). The summed E-state index contributed by atoms with van der Waals surface area (Å²) in [6.07, 6.45) is 0. The number of nitrogens with zero attached hydrogens (tertiary/aromatic N) is 4. The number of hydrogen-bond acceptors (Lipinski definition) is 9. The lowest BCUT2D eigenvalue weighted by molar-refractivity contribution is -0.113. The average molecular weight is 494 g/mol. The van der Waals surface area contributed by atoms with E-state index >= 15 is 0 Å². The van der Waals surface area contributed by atoms with Crippen LogP contribution in [-0.4, -0.2) is 58.3 Å². The molecular weight excluding hydrogens is 470 g/mol. The highest BCUT2D eigenvalue weighted by Crippen LogP contribution is 2.31. The summed E-state index contributed by atoms with van der Waals surface area (Å²) in [5, 5.41) is 16.2. The van der Waals surface area contributed by atoms with Crippen molar-refractivity contribution in [3.63, 3.8) is 0 Å². The molecule has 2 heterocycles. The van der Waals surface area contributed by atoms with Crippen LogP contribution in [0.5, 0.6) is 11.5 Å². The van der Waals surface area contributed by atoms with E-state index in [4.69, 9.17) is 14.2 Å². The van der Waals surface area contributed by atoms with Gasteiger partial charge in [-0.05, 0) is 61.5 Å². The summed E-state index contributed by atoms with van der Waals surface area (Å²) >= 11 is 1.21. The molecule has 1 amide bonds. The molecule has 0 unspecified atom stereocenters. The molecule has 1 N–H and O–H groups in total. The van der Waals surface area contributed by atoms with Crippen LogP contribution in [-0.2, 0) is 9.53 Å². The minimum Gasteiger partial charge on any atom is -0.493 e. The van der Waals surface area contributed by atoms with E-state index in [1.54, 1.807) is 56.0 Å². The lowest BCUT2D eigenvalue weighted by Crippen LogP contribution is -2.14. The number of fused-ring (bicyclic) bond motifs is 1.